The van der Waals surface area contributed by atoms with Crippen LogP contribution in [0, 0.1) is 0 Å². The SMILES string of the molecule is O=C(N/N=C/c1ccccc1C(=O)O)C(=O)Nc1cccc(C(F)(F)F)c1. The van der Waals surface area contributed by atoms with Crippen LogP contribution in [0.25, 0.3) is 0 Å². The summed E-state index contributed by atoms with van der Waals surface area (Å²) in [6.45, 7) is 0. The summed E-state index contributed by atoms with van der Waals surface area (Å²) in [5.74, 6) is -3.68. The van der Waals surface area contributed by atoms with Crippen molar-refractivity contribution < 1.29 is 32.7 Å². The minimum Gasteiger partial charge on any atom is -0.478 e. The molecule has 0 fully saturated rings. The van der Waals surface area contributed by atoms with Gasteiger partial charge in [-0.25, -0.2) is 10.2 Å². The Morgan fingerprint density at radius 3 is 2.37 bits per heavy atom. The van der Waals surface area contributed by atoms with Gasteiger partial charge in [-0.1, -0.05) is 24.3 Å². The molecule has 0 aliphatic rings. The smallest absolute Gasteiger partial charge is 0.416 e. The molecule has 0 unspecified atom stereocenters. The van der Waals surface area contributed by atoms with Crippen molar-refractivity contribution in [1.29, 1.82) is 0 Å². The summed E-state index contributed by atoms with van der Waals surface area (Å²) in [5.41, 5.74) is 0.784. The average molecular weight is 379 g/mol. The number of carbonyl (C=O) groups is 3. The molecule has 2 rings (SSSR count). The van der Waals surface area contributed by atoms with Crippen LogP contribution in [-0.4, -0.2) is 29.1 Å². The van der Waals surface area contributed by atoms with Crippen LogP contribution in [0.15, 0.2) is 53.6 Å². The fourth-order valence-electron chi connectivity index (χ4n) is 1.98. The second kappa shape index (κ2) is 8.13. The van der Waals surface area contributed by atoms with Crippen molar-refractivity contribution in [2.24, 2.45) is 5.10 Å². The van der Waals surface area contributed by atoms with Crippen LogP contribution >= 0.6 is 0 Å². The van der Waals surface area contributed by atoms with Crippen LogP contribution in [0.2, 0.25) is 0 Å². The van der Waals surface area contributed by atoms with E-state index in [0.717, 1.165) is 18.3 Å². The summed E-state index contributed by atoms with van der Waals surface area (Å²) >= 11 is 0. The van der Waals surface area contributed by atoms with Gasteiger partial charge in [0, 0.05) is 11.3 Å². The number of alkyl halides is 3. The number of aromatic carboxylic acids is 1. The third-order valence-electron chi connectivity index (χ3n) is 3.21. The first-order valence-electron chi connectivity index (χ1n) is 7.32. The van der Waals surface area contributed by atoms with Crippen molar-refractivity contribution in [2.75, 3.05) is 5.32 Å². The second-order valence-electron chi connectivity index (χ2n) is 5.12. The Kier molecular flexibility index (Phi) is 5.91. The Morgan fingerprint density at radius 1 is 1.00 bits per heavy atom. The maximum Gasteiger partial charge on any atom is 0.416 e. The number of carboxylic acids is 1. The van der Waals surface area contributed by atoms with Crippen LogP contribution in [0.4, 0.5) is 18.9 Å². The molecule has 0 radical (unpaired) electrons. The molecule has 0 saturated heterocycles. The van der Waals surface area contributed by atoms with Gasteiger partial charge in [-0.2, -0.15) is 18.3 Å². The van der Waals surface area contributed by atoms with Gasteiger partial charge >= 0.3 is 24.0 Å². The fraction of sp³-hybridized carbons (Fsp3) is 0.0588. The van der Waals surface area contributed by atoms with E-state index in [2.05, 4.69) is 5.10 Å². The van der Waals surface area contributed by atoms with Crippen molar-refractivity contribution in [3.63, 3.8) is 0 Å². The average Bonchev–Trinajstić information content (AvgIpc) is 2.61. The quantitative estimate of drug-likeness (QED) is 0.431. The number of hydrazone groups is 1. The lowest BCUT2D eigenvalue weighted by Gasteiger charge is -2.09. The first kappa shape index (κ1) is 19.6. The number of hydrogen-bond acceptors (Lipinski definition) is 4. The van der Waals surface area contributed by atoms with Gasteiger partial charge in [-0.3, -0.25) is 9.59 Å². The monoisotopic (exact) mass is 379 g/mol. The predicted octanol–water partition coefficient (Wildman–Crippen LogP) is 2.49. The Hall–Kier alpha value is -3.69. The van der Waals surface area contributed by atoms with Crippen molar-refractivity contribution in [3.05, 3.63) is 65.2 Å². The highest BCUT2D eigenvalue weighted by Gasteiger charge is 2.30. The van der Waals surface area contributed by atoms with Gasteiger partial charge in [0.05, 0.1) is 17.3 Å². The van der Waals surface area contributed by atoms with Crippen LogP contribution < -0.4 is 10.7 Å². The molecule has 27 heavy (non-hydrogen) atoms. The summed E-state index contributed by atoms with van der Waals surface area (Å²) in [6, 6.07) is 9.58. The van der Waals surface area contributed by atoms with E-state index in [0.29, 0.717) is 6.07 Å². The number of hydrogen-bond donors (Lipinski definition) is 3. The van der Waals surface area contributed by atoms with Crippen LogP contribution in [0.3, 0.4) is 0 Å². The van der Waals surface area contributed by atoms with Crippen LogP contribution in [0.1, 0.15) is 21.5 Å². The molecule has 2 aromatic carbocycles. The Balaban J connectivity index is 2.01. The number of carbonyl (C=O) groups excluding carboxylic acids is 2. The molecule has 10 heteroatoms. The lowest BCUT2D eigenvalue weighted by atomic mass is 10.1. The molecule has 0 aliphatic carbocycles. The molecular formula is C17H12F3N3O4. The third kappa shape index (κ3) is 5.39. The van der Waals surface area contributed by atoms with Gasteiger partial charge in [0.25, 0.3) is 0 Å². The number of halogens is 3. The standard InChI is InChI=1S/C17H12F3N3O4/c18-17(19,20)11-5-3-6-12(8-11)22-14(24)15(25)23-21-9-10-4-1-2-7-13(10)16(26)27/h1-9H,(H,22,24)(H,23,25)(H,26,27)/b21-9+. The molecule has 2 amide bonds. The van der Waals surface area contributed by atoms with E-state index in [4.69, 9.17) is 5.11 Å². The second-order valence-corrected chi connectivity index (χ2v) is 5.12. The van der Waals surface area contributed by atoms with Crippen molar-refractivity contribution in [2.45, 2.75) is 6.18 Å². The summed E-state index contributed by atoms with van der Waals surface area (Å²) in [5, 5.41) is 14.5. The molecular weight excluding hydrogens is 367 g/mol. The molecule has 0 spiro atoms. The van der Waals surface area contributed by atoms with E-state index in [1.807, 2.05) is 10.7 Å². The molecule has 7 nitrogen and oxygen atoms in total. The number of carboxylic acid groups (broad SMARTS) is 1. The van der Waals surface area contributed by atoms with Gasteiger partial charge < -0.3 is 10.4 Å². The molecule has 0 saturated carbocycles. The van der Waals surface area contributed by atoms with Gasteiger partial charge in [0.1, 0.15) is 0 Å². The van der Waals surface area contributed by atoms with Crippen LogP contribution in [-0.2, 0) is 15.8 Å². The fourth-order valence-corrected chi connectivity index (χ4v) is 1.98. The summed E-state index contributed by atoms with van der Waals surface area (Å²) in [4.78, 5) is 34.4. The topological polar surface area (TPSA) is 108 Å². The minimum absolute atomic E-state index is 0.0658. The van der Waals surface area contributed by atoms with Crippen LogP contribution in [0.5, 0.6) is 0 Å². The lowest BCUT2D eigenvalue weighted by molar-refractivity contribution is -0.137. The van der Waals surface area contributed by atoms with E-state index in [9.17, 15) is 27.6 Å². The number of benzene rings is 2. The number of rotatable bonds is 4. The molecule has 3 N–H and O–H groups in total. The Labute approximate surface area is 150 Å². The molecule has 140 valence electrons. The van der Waals surface area contributed by atoms with Crippen molar-refractivity contribution >= 4 is 29.7 Å². The van der Waals surface area contributed by atoms with E-state index < -0.39 is 29.5 Å². The molecule has 0 aliphatic heterocycles. The van der Waals surface area contributed by atoms with E-state index in [1.54, 1.807) is 6.07 Å². The lowest BCUT2D eigenvalue weighted by Crippen LogP contribution is -2.32. The first-order valence-corrected chi connectivity index (χ1v) is 7.32. The zero-order valence-electron chi connectivity index (χ0n) is 13.4. The third-order valence-corrected chi connectivity index (χ3v) is 3.21. The molecule has 0 bridgehead atoms. The number of nitrogens with one attached hydrogen (secondary N) is 2. The predicted molar refractivity (Wildman–Crippen MR) is 89.2 cm³/mol. The highest BCUT2D eigenvalue weighted by molar-refractivity contribution is 6.39. The summed E-state index contributed by atoms with van der Waals surface area (Å²) in [6.07, 6.45) is -3.57. The summed E-state index contributed by atoms with van der Waals surface area (Å²) < 4.78 is 37.9. The molecule has 0 heterocycles. The minimum atomic E-state index is -4.59. The van der Waals surface area contributed by atoms with E-state index in [-0.39, 0.29) is 16.8 Å². The first-order chi connectivity index (χ1) is 12.7. The Bertz CT molecular complexity index is 910. The number of anilines is 1. The largest absolute Gasteiger partial charge is 0.478 e. The highest BCUT2D eigenvalue weighted by atomic mass is 19.4. The highest BCUT2D eigenvalue weighted by Crippen LogP contribution is 2.30. The van der Waals surface area contributed by atoms with Gasteiger partial charge in [0.15, 0.2) is 0 Å². The van der Waals surface area contributed by atoms with Crippen molar-refractivity contribution in [1.82, 2.24) is 5.43 Å². The normalized spacial score (nSPS) is 11.2. The number of amides is 2. The van der Waals surface area contributed by atoms with Gasteiger partial charge in [-0.05, 0) is 24.3 Å². The summed E-state index contributed by atoms with van der Waals surface area (Å²) in [7, 11) is 0. The number of nitrogens with zero attached hydrogens (tertiary/aromatic N) is 1. The molecule has 0 aromatic heterocycles. The zero-order valence-corrected chi connectivity index (χ0v) is 13.4. The Morgan fingerprint density at radius 2 is 1.70 bits per heavy atom. The van der Waals surface area contributed by atoms with Crippen molar-refractivity contribution in [3.8, 4) is 0 Å². The molecule has 0 atom stereocenters. The maximum absolute atomic E-state index is 12.6. The van der Waals surface area contributed by atoms with E-state index >= 15 is 0 Å². The van der Waals surface area contributed by atoms with E-state index in [1.165, 1.54) is 24.3 Å². The zero-order chi connectivity index (χ0) is 20.0. The maximum atomic E-state index is 12.6. The van der Waals surface area contributed by atoms with Gasteiger partial charge in [0.2, 0.25) is 0 Å². The van der Waals surface area contributed by atoms with Gasteiger partial charge in [-0.15, -0.1) is 0 Å². The molecule has 2 aromatic rings.